The molecule has 0 spiro atoms. The molecule has 1 unspecified atom stereocenters. The van der Waals surface area contributed by atoms with Crippen molar-refractivity contribution < 1.29 is 33.4 Å². The third kappa shape index (κ3) is 8.65. The minimum atomic E-state index is -1.21. The van der Waals surface area contributed by atoms with Gasteiger partial charge in [0.15, 0.2) is 10.8 Å². The summed E-state index contributed by atoms with van der Waals surface area (Å²) < 4.78 is 15.4. The number of nitrogens with zero attached hydrogens (tertiary/aromatic N) is 1. The second kappa shape index (κ2) is 15.3. The molecule has 0 bridgehead atoms. The van der Waals surface area contributed by atoms with Crippen LogP contribution in [0.25, 0.3) is 0 Å². The summed E-state index contributed by atoms with van der Waals surface area (Å²) in [4.78, 5) is 56.1. The first kappa shape index (κ1) is 31.7. The molecule has 0 fully saturated rings. The van der Waals surface area contributed by atoms with E-state index in [9.17, 15) is 19.2 Å². The van der Waals surface area contributed by atoms with Gasteiger partial charge >= 0.3 is 12.1 Å². The van der Waals surface area contributed by atoms with Gasteiger partial charge in [0.05, 0.1) is 14.2 Å². The van der Waals surface area contributed by atoms with Crippen molar-refractivity contribution in [3.8, 4) is 5.75 Å². The Morgan fingerprint density at radius 1 is 0.864 bits per heavy atom. The van der Waals surface area contributed by atoms with E-state index in [2.05, 4.69) is 25.7 Å². The van der Waals surface area contributed by atoms with E-state index in [1.165, 1.54) is 19.6 Å². The molecule has 0 saturated heterocycles. The molecule has 0 aliphatic carbocycles. The van der Waals surface area contributed by atoms with Gasteiger partial charge in [-0.3, -0.25) is 9.59 Å². The number of alkyl carbamates (subject to hydrolysis) is 1. The number of benzene rings is 3. The Balaban J connectivity index is 1.57. The van der Waals surface area contributed by atoms with Crippen LogP contribution in [0.2, 0.25) is 0 Å². The molecular formula is C32H32N4O7S. The van der Waals surface area contributed by atoms with Gasteiger partial charge in [0, 0.05) is 11.8 Å². The van der Waals surface area contributed by atoms with Crippen molar-refractivity contribution in [3.05, 3.63) is 112 Å². The zero-order valence-corrected chi connectivity index (χ0v) is 25.2. The lowest BCUT2D eigenvalue weighted by Gasteiger charge is -2.24. The number of nitrogens with one attached hydrogen (secondary N) is 3. The summed E-state index contributed by atoms with van der Waals surface area (Å²) in [6.45, 7) is 1.82. The number of carbonyl (C=O) groups excluding carboxylic acids is 4. The topological polar surface area (TPSA) is 145 Å². The molecule has 1 heterocycles. The maximum absolute atomic E-state index is 13.8. The van der Waals surface area contributed by atoms with Gasteiger partial charge in [0.1, 0.15) is 24.4 Å². The van der Waals surface area contributed by atoms with Crippen molar-refractivity contribution in [2.24, 2.45) is 0 Å². The molecule has 2 atom stereocenters. The lowest BCUT2D eigenvalue weighted by atomic mass is 10.0. The van der Waals surface area contributed by atoms with Crippen LogP contribution in [0.1, 0.15) is 38.8 Å². The van der Waals surface area contributed by atoms with Crippen LogP contribution < -0.4 is 20.7 Å². The molecule has 0 radical (unpaired) electrons. The maximum Gasteiger partial charge on any atom is 0.408 e. The van der Waals surface area contributed by atoms with Gasteiger partial charge in [0.25, 0.3) is 0 Å². The quantitative estimate of drug-likeness (QED) is 0.196. The monoisotopic (exact) mass is 616 g/mol. The molecule has 1 aromatic heterocycles. The Kier molecular flexibility index (Phi) is 11.0. The Hall–Kier alpha value is -5.23. The van der Waals surface area contributed by atoms with Gasteiger partial charge in [0.2, 0.25) is 11.8 Å². The highest BCUT2D eigenvalue weighted by Crippen LogP contribution is 2.24. The normalized spacial score (nSPS) is 11.9. The Bertz CT molecular complexity index is 1590. The third-order valence-electron chi connectivity index (χ3n) is 6.53. The third-order valence-corrected chi connectivity index (χ3v) is 7.29. The number of thiazole rings is 1. The van der Waals surface area contributed by atoms with Gasteiger partial charge in [-0.25, -0.2) is 14.6 Å². The number of anilines is 1. The zero-order valence-electron chi connectivity index (χ0n) is 24.4. The van der Waals surface area contributed by atoms with Crippen molar-refractivity contribution in [3.63, 3.8) is 0 Å². The predicted molar refractivity (Wildman–Crippen MR) is 164 cm³/mol. The number of hydrogen-bond donors (Lipinski definition) is 3. The van der Waals surface area contributed by atoms with Crippen molar-refractivity contribution >= 4 is 40.3 Å². The van der Waals surface area contributed by atoms with Gasteiger partial charge in [-0.05, 0) is 41.3 Å². The summed E-state index contributed by atoms with van der Waals surface area (Å²) in [6, 6.07) is 21.1. The highest BCUT2D eigenvalue weighted by atomic mass is 32.1. The number of ether oxygens (including phenoxy) is 3. The van der Waals surface area contributed by atoms with Gasteiger partial charge < -0.3 is 30.2 Å². The van der Waals surface area contributed by atoms with Crippen LogP contribution >= 0.6 is 11.3 Å². The molecule has 4 aromatic rings. The van der Waals surface area contributed by atoms with Crippen LogP contribution in [0.4, 0.5) is 9.93 Å². The minimum absolute atomic E-state index is 0.00304. The Morgan fingerprint density at radius 3 is 2.18 bits per heavy atom. The van der Waals surface area contributed by atoms with Gasteiger partial charge in [-0.15, -0.1) is 11.3 Å². The van der Waals surface area contributed by atoms with E-state index >= 15 is 0 Å². The summed E-state index contributed by atoms with van der Waals surface area (Å²) in [6.07, 6.45) is -0.676. The number of esters is 1. The summed E-state index contributed by atoms with van der Waals surface area (Å²) in [7, 11) is 2.77. The summed E-state index contributed by atoms with van der Waals surface area (Å²) in [5.41, 5.74) is 2.81. The summed E-state index contributed by atoms with van der Waals surface area (Å²) in [5.74, 6) is -1.24. The van der Waals surface area contributed by atoms with E-state index in [4.69, 9.17) is 9.47 Å². The predicted octanol–water partition coefficient (Wildman–Crippen LogP) is 4.58. The first-order valence-corrected chi connectivity index (χ1v) is 14.5. The van der Waals surface area contributed by atoms with Crippen LogP contribution in [-0.4, -0.2) is 49.1 Å². The van der Waals surface area contributed by atoms with Crippen LogP contribution in [0.3, 0.4) is 0 Å². The molecule has 3 amide bonds. The van der Waals surface area contributed by atoms with Crippen LogP contribution in [-0.2, 0) is 32.1 Å². The number of carbonyl (C=O) groups is 4. The van der Waals surface area contributed by atoms with E-state index in [1.54, 1.807) is 18.2 Å². The molecule has 0 saturated carbocycles. The smallest absolute Gasteiger partial charge is 0.408 e. The molecule has 0 aliphatic rings. The van der Waals surface area contributed by atoms with E-state index in [0.717, 1.165) is 28.0 Å². The average Bonchev–Trinajstić information content (AvgIpc) is 3.51. The molecule has 11 nitrogen and oxygen atoms in total. The largest absolute Gasteiger partial charge is 0.496 e. The van der Waals surface area contributed by atoms with Crippen LogP contribution in [0, 0.1) is 6.92 Å². The molecule has 44 heavy (non-hydrogen) atoms. The lowest BCUT2D eigenvalue weighted by Crippen LogP contribution is -2.50. The fraction of sp³-hybridized carbons (Fsp3) is 0.219. The Morgan fingerprint density at radius 2 is 1.55 bits per heavy atom. The number of amides is 3. The summed E-state index contributed by atoms with van der Waals surface area (Å²) in [5, 5.41) is 9.71. The zero-order chi connectivity index (χ0) is 31.5. The Labute approximate surface area is 258 Å². The minimum Gasteiger partial charge on any atom is -0.496 e. The average molecular weight is 617 g/mol. The SMILES string of the molecule is COC(=O)c1csc(NC(=O)C(Cc2ccccc2)NC(=O)[C@@H](NC(=O)OCc2ccccc2)c2ccc(OC)c(C)c2)n1. The van der Waals surface area contributed by atoms with E-state index in [0.29, 0.717) is 11.3 Å². The molecule has 3 aromatic carbocycles. The highest BCUT2D eigenvalue weighted by molar-refractivity contribution is 7.14. The van der Waals surface area contributed by atoms with Crippen LogP contribution in [0.5, 0.6) is 5.75 Å². The van der Waals surface area contributed by atoms with Crippen molar-refractivity contribution in [1.82, 2.24) is 15.6 Å². The van der Waals surface area contributed by atoms with Crippen LogP contribution in [0.15, 0.2) is 84.2 Å². The molecule has 3 N–H and O–H groups in total. The van der Waals surface area contributed by atoms with E-state index in [-0.39, 0.29) is 23.9 Å². The summed E-state index contributed by atoms with van der Waals surface area (Å²) >= 11 is 1.04. The first-order chi connectivity index (χ1) is 21.3. The molecule has 0 aliphatic heterocycles. The van der Waals surface area contributed by atoms with Crippen molar-refractivity contribution in [1.29, 1.82) is 0 Å². The first-order valence-electron chi connectivity index (χ1n) is 13.6. The fourth-order valence-corrected chi connectivity index (χ4v) is 4.98. The molecule has 12 heteroatoms. The van der Waals surface area contributed by atoms with E-state index in [1.807, 2.05) is 67.6 Å². The highest BCUT2D eigenvalue weighted by Gasteiger charge is 2.30. The number of hydrogen-bond acceptors (Lipinski definition) is 9. The lowest BCUT2D eigenvalue weighted by molar-refractivity contribution is -0.128. The number of aromatic nitrogens is 1. The second-order valence-corrected chi connectivity index (χ2v) is 10.5. The van der Waals surface area contributed by atoms with Crippen molar-refractivity contribution in [2.45, 2.75) is 32.0 Å². The van der Waals surface area contributed by atoms with Gasteiger partial charge in [-0.2, -0.15) is 0 Å². The fourth-order valence-electron chi connectivity index (χ4n) is 4.30. The van der Waals surface area contributed by atoms with Crippen molar-refractivity contribution in [2.75, 3.05) is 19.5 Å². The van der Waals surface area contributed by atoms with E-state index < -0.39 is 36.0 Å². The van der Waals surface area contributed by atoms with Gasteiger partial charge in [-0.1, -0.05) is 66.7 Å². The molecule has 4 rings (SSSR count). The number of methoxy groups -OCH3 is 2. The standard InChI is InChI=1S/C32H32N4O7S/c1-20-16-23(14-15-26(20)41-2)27(35-32(40)43-18-22-12-8-5-9-13-22)29(38)33-24(17-21-10-6-4-7-11-21)28(37)36-31-34-25(19-44-31)30(39)42-3/h4-16,19,24,27H,17-18H2,1-3H3,(H,33,38)(H,35,40)(H,34,36,37)/t24?,27-/m0/s1. The number of aryl methyl sites for hydroxylation is 1. The molecular weight excluding hydrogens is 584 g/mol. The second-order valence-electron chi connectivity index (χ2n) is 9.64. The maximum atomic E-state index is 13.8. The molecule has 228 valence electrons. The number of rotatable bonds is 12.